The Bertz CT molecular complexity index is 648. The van der Waals surface area contributed by atoms with Gasteiger partial charge in [-0.25, -0.2) is 4.98 Å². The van der Waals surface area contributed by atoms with Crippen LogP contribution in [0.2, 0.25) is 0 Å². The number of nitrogens with one attached hydrogen (secondary N) is 2. The van der Waals surface area contributed by atoms with E-state index in [9.17, 15) is 9.59 Å². The molecule has 2 amide bonds. The predicted octanol–water partition coefficient (Wildman–Crippen LogP) is 3.37. The lowest BCUT2D eigenvalue weighted by Gasteiger charge is -2.13. The summed E-state index contributed by atoms with van der Waals surface area (Å²) >= 11 is 0. The van der Waals surface area contributed by atoms with Crippen LogP contribution < -0.4 is 10.6 Å². The van der Waals surface area contributed by atoms with E-state index in [0.29, 0.717) is 17.9 Å². The molecule has 0 atom stereocenters. The molecule has 0 spiro atoms. The molecule has 0 aromatic carbocycles. The summed E-state index contributed by atoms with van der Waals surface area (Å²) < 4.78 is 0. The molecule has 1 heterocycles. The molecule has 134 valence electrons. The van der Waals surface area contributed by atoms with Gasteiger partial charge in [-0.2, -0.15) is 0 Å². The molecule has 0 saturated heterocycles. The number of pyridine rings is 1. The van der Waals surface area contributed by atoms with E-state index in [1.54, 1.807) is 18.2 Å². The largest absolute Gasteiger partial charge is 0.350 e. The molecule has 5 heteroatoms. The SMILES string of the molecule is O=C(NCCC1=CCCCC1)c1cccc(C(=O)NC2CCCC2)n1. The van der Waals surface area contributed by atoms with Crippen LogP contribution >= 0.6 is 0 Å². The first kappa shape index (κ1) is 17.6. The molecular weight excluding hydrogens is 314 g/mol. The van der Waals surface area contributed by atoms with Crippen LogP contribution in [0.25, 0.3) is 0 Å². The molecule has 25 heavy (non-hydrogen) atoms. The normalized spacial score (nSPS) is 17.8. The van der Waals surface area contributed by atoms with Gasteiger partial charge >= 0.3 is 0 Å². The third-order valence-electron chi connectivity index (χ3n) is 5.02. The zero-order chi connectivity index (χ0) is 17.5. The van der Waals surface area contributed by atoms with Crippen LogP contribution in [0.5, 0.6) is 0 Å². The Morgan fingerprint density at radius 3 is 2.52 bits per heavy atom. The molecule has 1 aromatic rings. The number of hydrogen-bond donors (Lipinski definition) is 2. The quantitative estimate of drug-likeness (QED) is 0.779. The molecule has 3 rings (SSSR count). The highest BCUT2D eigenvalue weighted by Gasteiger charge is 2.19. The van der Waals surface area contributed by atoms with Crippen LogP contribution in [0.4, 0.5) is 0 Å². The zero-order valence-electron chi connectivity index (χ0n) is 14.7. The Balaban J connectivity index is 1.51. The van der Waals surface area contributed by atoms with Gasteiger partial charge in [0.1, 0.15) is 11.4 Å². The topological polar surface area (TPSA) is 71.1 Å². The fourth-order valence-corrected chi connectivity index (χ4v) is 3.58. The smallest absolute Gasteiger partial charge is 0.270 e. The molecule has 0 aliphatic heterocycles. The highest BCUT2D eigenvalue weighted by atomic mass is 16.2. The van der Waals surface area contributed by atoms with E-state index in [0.717, 1.165) is 44.9 Å². The van der Waals surface area contributed by atoms with Gasteiger partial charge in [0.2, 0.25) is 0 Å². The van der Waals surface area contributed by atoms with E-state index in [1.807, 2.05) is 0 Å². The zero-order valence-corrected chi connectivity index (χ0v) is 14.7. The Morgan fingerprint density at radius 1 is 1.04 bits per heavy atom. The second kappa shape index (κ2) is 8.79. The third-order valence-corrected chi connectivity index (χ3v) is 5.02. The van der Waals surface area contributed by atoms with E-state index in [4.69, 9.17) is 0 Å². The van der Waals surface area contributed by atoms with Crippen LogP contribution in [0.1, 0.15) is 78.8 Å². The number of carbonyl (C=O) groups is 2. The van der Waals surface area contributed by atoms with Gasteiger partial charge in [0.05, 0.1) is 0 Å². The minimum Gasteiger partial charge on any atom is -0.350 e. The van der Waals surface area contributed by atoms with Gasteiger partial charge < -0.3 is 10.6 Å². The molecule has 0 radical (unpaired) electrons. The van der Waals surface area contributed by atoms with E-state index in [1.165, 1.54) is 18.4 Å². The summed E-state index contributed by atoms with van der Waals surface area (Å²) in [7, 11) is 0. The minimum absolute atomic E-state index is 0.186. The fourth-order valence-electron chi connectivity index (χ4n) is 3.58. The number of carbonyl (C=O) groups excluding carboxylic acids is 2. The van der Waals surface area contributed by atoms with Crippen molar-refractivity contribution in [2.45, 2.75) is 63.8 Å². The van der Waals surface area contributed by atoms with E-state index in [2.05, 4.69) is 21.7 Å². The molecule has 0 unspecified atom stereocenters. The lowest BCUT2D eigenvalue weighted by molar-refractivity contribution is 0.0932. The van der Waals surface area contributed by atoms with Crippen molar-refractivity contribution < 1.29 is 9.59 Å². The van der Waals surface area contributed by atoms with E-state index >= 15 is 0 Å². The molecule has 1 fully saturated rings. The van der Waals surface area contributed by atoms with Crippen molar-refractivity contribution in [1.82, 2.24) is 15.6 Å². The van der Waals surface area contributed by atoms with Gasteiger partial charge in [0, 0.05) is 12.6 Å². The Hall–Kier alpha value is -2.17. The number of nitrogens with zero attached hydrogens (tertiary/aromatic N) is 1. The van der Waals surface area contributed by atoms with Crippen LogP contribution in [0, 0.1) is 0 Å². The minimum atomic E-state index is -0.216. The van der Waals surface area contributed by atoms with Gasteiger partial charge in [-0.3, -0.25) is 9.59 Å². The highest BCUT2D eigenvalue weighted by molar-refractivity contribution is 5.96. The third kappa shape index (κ3) is 5.15. The summed E-state index contributed by atoms with van der Waals surface area (Å²) in [6.45, 7) is 0.616. The maximum Gasteiger partial charge on any atom is 0.270 e. The number of rotatable bonds is 6. The first-order valence-corrected chi connectivity index (χ1v) is 9.46. The van der Waals surface area contributed by atoms with Gasteiger partial charge in [-0.1, -0.05) is 30.6 Å². The summed E-state index contributed by atoms with van der Waals surface area (Å²) in [5.74, 6) is -0.402. The average Bonchev–Trinajstić information content (AvgIpc) is 3.15. The number of amides is 2. The van der Waals surface area contributed by atoms with Gasteiger partial charge in [0.15, 0.2) is 0 Å². The van der Waals surface area contributed by atoms with Crippen molar-refractivity contribution in [1.29, 1.82) is 0 Å². The van der Waals surface area contributed by atoms with Crippen LogP contribution in [-0.4, -0.2) is 29.4 Å². The Labute approximate surface area is 149 Å². The number of aromatic nitrogens is 1. The molecule has 1 aromatic heterocycles. The van der Waals surface area contributed by atoms with Crippen molar-refractivity contribution in [3.63, 3.8) is 0 Å². The van der Waals surface area contributed by atoms with Crippen LogP contribution in [0.3, 0.4) is 0 Å². The Kier molecular flexibility index (Phi) is 6.20. The van der Waals surface area contributed by atoms with Crippen LogP contribution in [0.15, 0.2) is 29.8 Å². The Morgan fingerprint density at radius 2 is 1.80 bits per heavy atom. The van der Waals surface area contributed by atoms with E-state index < -0.39 is 0 Å². The molecule has 2 aliphatic carbocycles. The first-order chi connectivity index (χ1) is 12.2. The van der Waals surface area contributed by atoms with Crippen molar-refractivity contribution in [3.8, 4) is 0 Å². The van der Waals surface area contributed by atoms with Crippen molar-refractivity contribution in [2.24, 2.45) is 0 Å². The molecule has 1 saturated carbocycles. The standard InChI is InChI=1S/C20H27N3O2/c24-19(21-14-13-15-7-2-1-3-8-15)17-11-6-12-18(23-17)20(25)22-16-9-4-5-10-16/h6-7,11-12,16H,1-5,8-10,13-14H2,(H,21,24)(H,22,25). The summed E-state index contributed by atoms with van der Waals surface area (Å²) in [5.41, 5.74) is 2.05. The molecule has 2 N–H and O–H groups in total. The maximum atomic E-state index is 12.3. The summed E-state index contributed by atoms with van der Waals surface area (Å²) in [6.07, 6.45) is 12.4. The molecular formula is C20H27N3O2. The molecule has 5 nitrogen and oxygen atoms in total. The number of hydrogen-bond acceptors (Lipinski definition) is 3. The summed E-state index contributed by atoms with van der Waals surface area (Å²) in [4.78, 5) is 28.8. The maximum absolute atomic E-state index is 12.3. The lowest BCUT2D eigenvalue weighted by Crippen LogP contribution is -2.33. The molecule has 2 aliphatic rings. The lowest BCUT2D eigenvalue weighted by atomic mass is 9.97. The van der Waals surface area contributed by atoms with Crippen molar-refractivity contribution >= 4 is 11.8 Å². The summed E-state index contributed by atoms with van der Waals surface area (Å²) in [5, 5.41) is 5.92. The molecule has 0 bridgehead atoms. The van der Waals surface area contributed by atoms with Gasteiger partial charge in [-0.05, 0) is 57.1 Å². The van der Waals surface area contributed by atoms with Crippen molar-refractivity contribution in [3.05, 3.63) is 41.2 Å². The monoisotopic (exact) mass is 341 g/mol. The first-order valence-electron chi connectivity index (χ1n) is 9.46. The van der Waals surface area contributed by atoms with E-state index in [-0.39, 0.29) is 17.9 Å². The highest BCUT2D eigenvalue weighted by Crippen LogP contribution is 2.19. The fraction of sp³-hybridized carbons (Fsp3) is 0.550. The number of allylic oxidation sites excluding steroid dienone is 1. The van der Waals surface area contributed by atoms with Gasteiger partial charge in [-0.15, -0.1) is 0 Å². The summed E-state index contributed by atoms with van der Waals surface area (Å²) in [6, 6.07) is 5.28. The van der Waals surface area contributed by atoms with Crippen molar-refractivity contribution in [2.75, 3.05) is 6.54 Å². The van der Waals surface area contributed by atoms with Gasteiger partial charge in [0.25, 0.3) is 11.8 Å². The second-order valence-corrected chi connectivity index (χ2v) is 6.98. The van der Waals surface area contributed by atoms with Crippen LogP contribution in [-0.2, 0) is 0 Å². The average molecular weight is 341 g/mol. The predicted molar refractivity (Wildman–Crippen MR) is 97.5 cm³/mol. The second-order valence-electron chi connectivity index (χ2n) is 6.98.